The van der Waals surface area contributed by atoms with E-state index in [4.69, 9.17) is 4.74 Å². The molecule has 1 fully saturated rings. The van der Waals surface area contributed by atoms with E-state index >= 15 is 0 Å². The van der Waals surface area contributed by atoms with Gasteiger partial charge in [0.1, 0.15) is 5.75 Å². The van der Waals surface area contributed by atoms with E-state index in [1.54, 1.807) is 12.1 Å². The van der Waals surface area contributed by atoms with Gasteiger partial charge >= 0.3 is 0 Å². The molecule has 178 valence electrons. The highest BCUT2D eigenvalue weighted by Crippen LogP contribution is 2.35. The summed E-state index contributed by atoms with van der Waals surface area (Å²) in [5.41, 5.74) is 3.66. The maximum Gasteiger partial charge on any atom is 0.263 e. The van der Waals surface area contributed by atoms with Gasteiger partial charge in [-0.05, 0) is 61.1 Å². The Labute approximate surface area is 196 Å². The molecule has 2 atom stereocenters. The molecule has 0 bridgehead atoms. The second-order valence-electron chi connectivity index (χ2n) is 9.39. The van der Waals surface area contributed by atoms with Gasteiger partial charge in [0, 0.05) is 19.6 Å². The number of piperidine rings is 1. The summed E-state index contributed by atoms with van der Waals surface area (Å²) in [6.07, 6.45) is 2.81. The molecule has 2 aliphatic rings. The zero-order valence-electron chi connectivity index (χ0n) is 19.6. The van der Waals surface area contributed by atoms with Gasteiger partial charge in [0.05, 0.1) is 18.5 Å². The lowest BCUT2D eigenvalue weighted by Crippen LogP contribution is -2.50. The number of carbonyl (C=O) groups is 1. The molecule has 2 aromatic rings. The normalized spacial score (nSPS) is 21.2. The van der Waals surface area contributed by atoms with Crippen molar-refractivity contribution in [1.29, 1.82) is 0 Å². The summed E-state index contributed by atoms with van der Waals surface area (Å²) in [6, 6.07) is 13.6. The van der Waals surface area contributed by atoms with E-state index in [1.807, 2.05) is 25.1 Å². The molecule has 4 rings (SSSR count). The molecule has 1 saturated heterocycles. The lowest BCUT2D eigenvalue weighted by atomic mass is 9.99. The molecular weight excluding hydrogens is 438 g/mol. The van der Waals surface area contributed by atoms with Crippen molar-refractivity contribution in [3.8, 4) is 5.75 Å². The molecule has 7 nitrogen and oxygen atoms in total. The molecule has 2 unspecified atom stereocenters. The van der Waals surface area contributed by atoms with Crippen LogP contribution in [0.5, 0.6) is 5.75 Å². The van der Waals surface area contributed by atoms with Crippen LogP contribution in [0, 0.1) is 12.8 Å². The summed E-state index contributed by atoms with van der Waals surface area (Å²) in [5, 5.41) is 2.89. The summed E-state index contributed by atoms with van der Waals surface area (Å²) < 4.78 is 31.8. The number of nitrogens with zero attached hydrogens (tertiary/aromatic N) is 2. The van der Waals surface area contributed by atoms with Gasteiger partial charge in [-0.15, -0.1) is 0 Å². The number of nitrogens with one attached hydrogen (secondary N) is 1. The van der Waals surface area contributed by atoms with Gasteiger partial charge in [-0.3, -0.25) is 14.0 Å². The average Bonchev–Trinajstić information content (AvgIpc) is 2.77. The molecule has 0 aliphatic carbocycles. The fourth-order valence-corrected chi connectivity index (χ4v) is 5.47. The van der Waals surface area contributed by atoms with Crippen molar-refractivity contribution in [3.63, 3.8) is 0 Å². The lowest BCUT2D eigenvalue weighted by Gasteiger charge is -2.34. The molecular formula is C25H33N3O4S. The molecule has 0 radical (unpaired) electrons. The van der Waals surface area contributed by atoms with E-state index in [-0.39, 0.29) is 12.5 Å². The number of hydrogen-bond donors (Lipinski definition) is 1. The second-order valence-corrected chi connectivity index (χ2v) is 11.3. The Balaban J connectivity index is 1.36. The number of aryl methyl sites for hydroxylation is 1. The highest BCUT2D eigenvalue weighted by molar-refractivity contribution is 7.92. The van der Waals surface area contributed by atoms with Crippen molar-refractivity contribution in [3.05, 3.63) is 59.2 Å². The number of sulfonamides is 1. The van der Waals surface area contributed by atoms with Gasteiger partial charge < -0.3 is 10.1 Å². The number of hydrogen-bond acceptors (Lipinski definition) is 5. The zero-order valence-corrected chi connectivity index (χ0v) is 20.4. The molecule has 2 heterocycles. The van der Waals surface area contributed by atoms with E-state index in [0.29, 0.717) is 18.0 Å². The largest absolute Gasteiger partial charge is 0.476 e. The molecule has 0 aromatic heterocycles. The van der Waals surface area contributed by atoms with E-state index in [0.717, 1.165) is 42.9 Å². The molecule has 33 heavy (non-hydrogen) atoms. The van der Waals surface area contributed by atoms with Gasteiger partial charge in [-0.25, -0.2) is 8.42 Å². The number of ether oxygens (including phenoxy) is 1. The minimum Gasteiger partial charge on any atom is -0.476 e. The number of fused-ring (bicyclic) bond motifs is 1. The average molecular weight is 472 g/mol. The summed E-state index contributed by atoms with van der Waals surface area (Å²) in [5.74, 6) is 0.819. The van der Waals surface area contributed by atoms with Crippen molar-refractivity contribution < 1.29 is 17.9 Å². The Kier molecular flexibility index (Phi) is 6.95. The van der Waals surface area contributed by atoms with Crippen molar-refractivity contribution in [1.82, 2.24) is 10.2 Å². The standard InChI is InChI=1S/C25H33N3O4S/c1-18-6-11-23-22(13-18)28(33(3,30)31)17-24(32-23)25(29)26-14-20-7-9-21(10-8-20)16-27-12-4-5-19(2)15-27/h6-11,13,19,24H,4-5,12,14-17H2,1-3H3,(H,26,29). The van der Waals surface area contributed by atoms with Crippen LogP contribution in [-0.2, 0) is 27.9 Å². The van der Waals surface area contributed by atoms with Gasteiger partial charge in [-0.2, -0.15) is 0 Å². The molecule has 8 heteroatoms. The Hall–Kier alpha value is -2.58. The van der Waals surface area contributed by atoms with Crippen LogP contribution in [0.1, 0.15) is 36.5 Å². The summed E-state index contributed by atoms with van der Waals surface area (Å²) in [7, 11) is -3.54. The van der Waals surface area contributed by atoms with E-state index in [1.165, 1.54) is 22.7 Å². The highest BCUT2D eigenvalue weighted by atomic mass is 32.2. The van der Waals surface area contributed by atoms with Crippen molar-refractivity contribution in [2.24, 2.45) is 5.92 Å². The van der Waals surface area contributed by atoms with Gasteiger partial charge in [-0.1, -0.05) is 37.3 Å². The number of benzene rings is 2. The van der Waals surface area contributed by atoms with Gasteiger partial charge in [0.15, 0.2) is 6.10 Å². The van der Waals surface area contributed by atoms with Crippen LogP contribution in [0.3, 0.4) is 0 Å². The fraction of sp³-hybridized carbons (Fsp3) is 0.480. The topological polar surface area (TPSA) is 79.0 Å². The zero-order chi connectivity index (χ0) is 23.6. The molecule has 2 aliphatic heterocycles. The Bertz CT molecular complexity index is 1100. The van der Waals surface area contributed by atoms with Crippen LogP contribution >= 0.6 is 0 Å². The first-order valence-electron chi connectivity index (χ1n) is 11.5. The molecule has 2 aromatic carbocycles. The monoisotopic (exact) mass is 471 g/mol. The molecule has 1 N–H and O–H groups in total. The van der Waals surface area contributed by atoms with Crippen LogP contribution in [0.2, 0.25) is 0 Å². The first-order chi connectivity index (χ1) is 15.7. The van der Waals surface area contributed by atoms with Crippen molar-refractivity contribution in [2.45, 2.75) is 45.9 Å². The molecule has 0 spiro atoms. The highest BCUT2D eigenvalue weighted by Gasteiger charge is 2.35. The third-order valence-corrected chi connectivity index (χ3v) is 7.46. The van der Waals surface area contributed by atoms with Crippen LogP contribution in [0.4, 0.5) is 5.69 Å². The molecule has 1 amide bonds. The van der Waals surface area contributed by atoms with Crippen LogP contribution in [-0.4, -0.2) is 51.2 Å². The number of likely N-dealkylation sites (tertiary alicyclic amines) is 1. The van der Waals surface area contributed by atoms with Gasteiger partial charge in [0.2, 0.25) is 10.0 Å². The fourth-order valence-electron chi connectivity index (χ4n) is 4.57. The maximum atomic E-state index is 12.8. The minimum atomic E-state index is -3.54. The van der Waals surface area contributed by atoms with Crippen molar-refractivity contribution >= 4 is 21.6 Å². The first-order valence-corrected chi connectivity index (χ1v) is 13.4. The molecule has 0 saturated carbocycles. The lowest BCUT2D eigenvalue weighted by molar-refractivity contribution is -0.127. The minimum absolute atomic E-state index is 0.0473. The van der Waals surface area contributed by atoms with E-state index in [9.17, 15) is 13.2 Å². The van der Waals surface area contributed by atoms with Crippen LogP contribution < -0.4 is 14.4 Å². The van der Waals surface area contributed by atoms with Crippen LogP contribution in [0.25, 0.3) is 0 Å². The summed E-state index contributed by atoms with van der Waals surface area (Å²) in [4.78, 5) is 15.3. The third kappa shape index (κ3) is 5.86. The summed E-state index contributed by atoms with van der Waals surface area (Å²) >= 11 is 0. The number of anilines is 1. The van der Waals surface area contributed by atoms with Gasteiger partial charge in [0.25, 0.3) is 5.91 Å². The first kappa shape index (κ1) is 23.6. The smallest absolute Gasteiger partial charge is 0.263 e. The quantitative estimate of drug-likeness (QED) is 0.701. The van der Waals surface area contributed by atoms with Crippen LogP contribution in [0.15, 0.2) is 42.5 Å². The van der Waals surface area contributed by atoms with E-state index in [2.05, 4.69) is 29.3 Å². The van der Waals surface area contributed by atoms with E-state index < -0.39 is 16.1 Å². The number of amides is 1. The SMILES string of the molecule is Cc1ccc2c(c1)N(S(C)(=O)=O)CC(C(=O)NCc1ccc(CN3CCCC(C)C3)cc1)O2. The van der Waals surface area contributed by atoms with Crippen molar-refractivity contribution in [2.75, 3.05) is 30.2 Å². The second kappa shape index (κ2) is 9.73. The maximum absolute atomic E-state index is 12.8. The predicted octanol–water partition coefficient (Wildman–Crippen LogP) is 3.07. The Morgan fingerprint density at radius 2 is 1.85 bits per heavy atom. The number of rotatable bonds is 6. The number of carbonyl (C=O) groups excluding carboxylic acids is 1. The third-order valence-electron chi connectivity index (χ3n) is 6.31. The predicted molar refractivity (Wildman–Crippen MR) is 130 cm³/mol. The summed E-state index contributed by atoms with van der Waals surface area (Å²) in [6.45, 7) is 7.75. The Morgan fingerprint density at radius 3 is 2.55 bits per heavy atom. The Morgan fingerprint density at radius 1 is 1.12 bits per heavy atom.